The van der Waals surface area contributed by atoms with Crippen molar-refractivity contribution < 1.29 is 4.62 Å². The normalized spacial score (nSPS) is 33.9. The molecule has 0 amide bonds. The van der Waals surface area contributed by atoms with E-state index in [1.54, 1.807) is 4.85 Å². The van der Waals surface area contributed by atoms with Crippen molar-refractivity contribution >= 4 is 88.6 Å². The molecule has 0 bridgehead atoms. The van der Waals surface area contributed by atoms with E-state index in [-0.39, 0.29) is 0 Å². The van der Waals surface area contributed by atoms with Gasteiger partial charge in [-0.1, -0.05) is 0 Å². The molecule has 14 heteroatoms. The minimum absolute atomic E-state index is 0.437. The summed E-state index contributed by atoms with van der Waals surface area (Å²) in [6.45, 7) is 6.87. The second kappa shape index (κ2) is 13.2. The van der Waals surface area contributed by atoms with Crippen LogP contribution in [0.1, 0.15) is 38.5 Å². The summed E-state index contributed by atoms with van der Waals surface area (Å²) in [5, 5.41) is 6.11. The molecule has 4 fully saturated rings. The summed E-state index contributed by atoms with van der Waals surface area (Å²) in [5.74, 6) is 0. The molecule has 6 rings (SSSR count). The van der Waals surface area contributed by atoms with E-state index in [1.165, 1.54) is 38.5 Å². The van der Waals surface area contributed by atoms with E-state index in [1.807, 2.05) is 18.2 Å². The molecule has 38 heavy (non-hydrogen) atoms. The van der Waals surface area contributed by atoms with E-state index < -0.39 is 40.2 Å². The van der Waals surface area contributed by atoms with Crippen molar-refractivity contribution in [2.24, 2.45) is 0 Å². The summed E-state index contributed by atoms with van der Waals surface area (Å²) in [7, 11) is -2.46. The van der Waals surface area contributed by atoms with Crippen molar-refractivity contribution in [1.82, 2.24) is 29.2 Å². The molecule has 3 saturated heterocycles. The van der Waals surface area contributed by atoms with Gasteiger partial charge in [-0.15, -0.1) is 69.6 Å². The second-order valence-corrected chi connectivity index (χ2v) is 16.6. The Morgan fingerprint density at radius 1 is 0.605 bits per heavy atom. The number of para-hydroxylation sites is 1. The molecular formula is C24H35Cl6N6OP. The van der Waals surface area contributed by atoms with Gasteiger partial charge in [0, 0.05) is 0 Å². The van der Waals surface area contributed by atoms with Crippen LogP contribution in [0.3, 0.4) is 0 Å². The fourth-order valence-electron chi connectivity index (χ4n) is 5.88. The van der Waals surface area contributed by atoms with Gasteiger partial charge in [0.15, 0.2) is 0 Å². The van der Waals surface area contributed by atoms with Gasteiger partial charge < -0.3 is 0 Å². The van der Waals surface area contributed by atoms with Gasteiger partial charge in [-0.3, -0.25) is 0 Å². The van der Waals surface area contributed by atoms with Crippen LogP contribution in [0.2, 0.25) is 0 Å². The Morgan fingerprint density at radius 3 is 1.37 bits per heavy atom. The number of rotatable bonds is 5. The second-order valence-electron chi connectivity index (χ2n) is 10.4. The van der Waals surface area contributed by atoms with Crippen LogP contribution in [0.15, 0.2) is 24.3 Å². The van der Waals surface area contributed by atoms with Crippen LogP contribution in [0.4, 0.5) is 0 Å². The fraction of sp³-hybridized carbons (Fsp3) is 0.750. The molecule has 1 aliphatic carbocycles. The summed E-state index contributed by atoms with van der Waals surface area (Å²) in [4.78, 5) is 1.73. The zero-order valence-corrected chi connectivity index (χ0v) is 26.7. The minimum atomic E-state index is -2.46. The maximum atomic E-state index is 6.97. The first-order chi connectivity index (χ1) is 18.3. The van der Waals surface area contributed by atoms with Crippen LogP contribution in [0, 0.1) is 0 Å². The van der Waals surface area contributed by atoms with Crippen LogP contribution in [0.25, 0.3) is 11.0 Å². The molecule has 2 aromatic rings. The molecule has 0 spiro atoms. The number of nitrogens with zero attached hydrogens (tertiary/aromatic N) is 6. The maximum absolute atomic E-state index is 6.97. The molecule has 0 unspecified atom stereocenters. The Bertz CT molecular complexity index is 951. The molecule has 214 valence electrons. The van der Waals surface area contributed by atoms with E-state index in [9.17, 15) is 0 Å². The molecule has 7 nitrogen and oxygen atoms in total. The van der Waals surface area contributed by atoms with Crippen molar-refractivity contribution in [3.63, 3.8) is 0 Å². The van der Waals surface area contributed by atoms with Gasteiger partial charge in [0.2, 0.25) is 0 Å². The molecule has 0 radical (unpaired) electrons. The Morgan fingerprint density at radius 2 is 0.974 bits per heavy atom. The van der Waals surface area contributed by atoms with Gasteiger partial charge in [0.05, 0.1) is 32.3 Å². The van der Waals surface area contributed by atoms with Crippen molar-refractivity contribution in [3.8, 4) is 0 Å². The average Bonchev–Trinajstić information content (AvgIpc) is 3.77. The first-order valence-corrected chi connectivity index (χ1v) is 17.8. The summed E-state index contributed by atoms with van der Waals surface area (Å²) in [6.07, 6.45) is 7.65. The van der Waals surface area contributed by atoms with Crippen LogP contribution >= 0.6 is 77.5 Å². The number of alkyl halides is 6. The fourth-order valence-corrected chi connectivity index (χ4v) is 12.8. The summed E-state index contributed by atoms with van der Waals surface area (Å²) >= 11 is 35.3. The number of aromatic nitrogens is 3. The van der Waals surface area contributed by atoms with Gasteiger partial charge in [-0.25, -0.2) is 0 Å². The van der Waals surface area contributed by atoms with Gasteiger partial charge in [-0.05, 0) is 0 Å². The summed E-state index contributed by atoms with van der Waals surface area (Å²) in [5.41, 5.74) is 1.88. The molecular weight excluding hydrogens is 632 g/mol. The zero-order chi connectivity index (χ0) is 26.9. The molecule has 4 aliphatic rings. The molecule has 4 heterocycles. The Balaban J connectivity index is 0.000000207. The molecule has 1 aromatic heterocycles. The number of halogens is 6. The van der Waals surface area contributed by atoms with Crippen molar-refractivity contribution in [1.29, 1.82) is 0 Å². The van der Waals surface area contributed by atoms with Crippen LogP contribution in [-0.2, 0) is 0 Å². The number of fused-ring (bicyclic) bond motifs is 1. The summed E-state index contributed by atoms with van der Waals surface area (Å²) in [6, 6.07) is 8.11. The van der Waals surface area contributed by atoms with E-state index >= 15 is 0 Å². The van der Waals surface area contributed by atoms with E-state index in [4.69, 9.17) is 74.2 Å². The van der Waals surface area contributed by atoms with Gasteiger partial charge in [0.25, 0.3) is 0 Å². The average molecular weight is 667 g/mol. The van der Waals surface area contributed by atoms with Gasteiger partial charge in [0.1, 0.15) is 0 Å². The van der Waals surface area contributed by atoms with Crippen LogP contribution < -0.4 is 4.62 Å². The van der Waals surface area contributed by atoms with Crippen LogP contribution in [-0.4, -0.2) is 101 Å². The topological polar surface area (TPSA) is 49.7 Å². The molecule has 1 saturated carbocycles. The van der Waals surface area contributed by atoms with E-state index in [2.05, 4.69) is 30.4 Å². The third kappa shape index (κ3) is 5.86. The SMILES string of the molecule is Cl[C@H]1[C@H](Cl)[C@@H](Cl)[C@@H](Cl)[C@H](Cl)[C@H]1Cl.c1ccc2c(c1)nnn2O[PH](N1CCCC1)(N1CCCC1)N1CCCC1. The standard InChI is InChI=1S/C18H29N6OP.C6H6Cl6/c1-2-10-18-17(9-1)19-20-24(18)25-26(21-11-3-4-12-21,22-13-5-6-14-22)23-15-7-8-16-23;7-1-2(8)4(10)6(12)5(11)3(1)9/h1-2,9-10,26H,3-8,11-16H2;1-6H/t;1-,2-,3-,4+,5+,6+. The van der Waals surface area contributed by atoms with Gasteiger partial charge >= 0.3 is 155 Å². The van der Waals surface area contributed by atoms with Crippen LogP contribution in [0.5, 0.6) is 0 Å². The molecule has 1 aromatic carbocycles. The van der Waals surface area contributed by atoms with E-state index in [0.29, 0.717) is 0 Å². The van der Waals surface area contributed by atoms with E-state index in [0.717, 1.165) is 50.3 Å². The molecule has 3 aliphatic heterocycles. The molecule has 0 atom stereocenters. The third-order valence-electron chi connectivity index (χ3n) is 7.91. The Hall–Kier alpha value is 0.470. The predicted octanol–water partition coefficient (Wildman–Crippen LogP) is 6.20. The first-order valence-electron chi connectivity index (χ1n) is 13.4. The number of hydrogen-bond donors (Lipinski definition) is 0. The number of hydrogen-bond acceptors (Lipinski definition) is 6. The monoisotopic (exact) mass is 664 g/mol. The molecule has 0 N–H and O–H groups in total. The first kappa shape index (κ1) is 29.9. The van der Waals surface area contributed by atoms with Crippen molar-refractivity contribution in [3.05, 3.63) is 24.3 Å². The Labute approximate surface area is 255 Å². The predicted molar refractivity (Wildman–Crippen MR) is 163 cm³/mol. The summed E-state index contributed by atoms with van der Waals surface area (Å²) < 4.78 is 15.0. The zero-order valence-electron chi connectivity index (χ0n) is 21.1. The van der Waals surface area contributed by atoms with Crippen molar-refractivity contribution in [2.45, 2.75) is 70.8 Å². The Kier molecular flexibility index (Phi) is 10.4. The van der Waals surface area contributed by atoms with Gasteiger partial charge in [-0.2, -0.15) is 0 Å². The third-order valence-corrected chi connectivity index (χ3v) is 16.2. The van der Waals surface area contributed by atoms with Crippen molar-refractivity contribution in [2.75, 3.05) is 39.3 Å². The number of benzene rings is 1. The quantitative estimate of drug-likeness (QED) is 0.280.